The maximum Gasteiger partial charge on any atom is 0.418 e. The summed E-state index contributed by atoms with van der Waals surface area (Å²) in [6, 6.07) is 5.42. The van der Waals surface area contributed by atoms with Crippen LogP contribution in [0.5, 0.6) is 0 Å². The fraction of sp³-hybridized carbons (Fsp3) is 0.154. The monoisotopic (exact) mass is 442 g/mol. The van der Waals surface area contributed by atoms with E-state index in [4.69, 9.17) is 11.6 Å². The maximum absolute atomic E-state index is 13.0. The Labute approximate surface area is 141 Å². The third kappa shape index (κ3) is 4.11. The Morgan fingerprint density at radius 1 is 1.24 bits per heavy atom. The van der Waals surface area contributed by atoms with Crippen LogP contribution in [0.1, 0.15) is 11.3 Å². The Morgan fingerprint density at radius 2 is 1.95 bits per heavy atom. The van der Waals surface area contributed by atoms with Crippen molar-refractivity contribution in [3.05, 3.63) is 55.7 Å². The summed E-state index contributed by atoms with van der Waals surface area (Å²) < 4.78 is 40.3. The van der Waals surface area contributed by atoms with E-state index >= 15 is 0 Å². The number of para-hydroxylation sites is 1. The van der Waals surface area contributed by atoms with Gasteiger partial charge in [-0.05, 0) is 50.1 Å². The summed E-state index contributed by atoms with van der Waals surface area (Å²) in [6.07, 6.45) is -2.91. The zero-order valence-electron chi connectivity index (χ0n) is 10.3. The normalized spacial score (nSPS) is 11.5. The zero-order chi connectivity index (χ0) is 15.6. The molecular formula is C13H8Br2ClF3N2. The Bertz CT molecular complexity index is 662. The van der Waals surface area contributed by atoms with Crippen molar-refractivity contribution in [2.45, 2.75) is 12.7 Å². The first-order chi connectivity index (χ1) is 9.79. The molecule has 0 amide bonds. The fourth-order valence-electron chi connectivity index (χ4n) is 1.69. The SMILES string of the molecule is FC(F)(F)c1cccc(Cl)c1NCc1ncc(Br)cc1Br. The van der Waals surface area contributed by atoms with Gasteiger partial charge in [-0.1, -0.05) is 17.7 Å². The molecule has 0 saturated heterocycles. The van der Waals surface area contributed by atoms with E-state index in [1.165, 1.54) is 12.1 Å². The number of hydrogen-bond donors (Lipinski definition) is 1. The first-order valence-corrected chi connectivity index (χ1v) is 7.65. The number of pyridine rings is 1. The number of aromatic nitrogens is 1. The summed E-state index contributed by atoms with van der Waals surface area (Å²) in [7, 11) is 0. The summed E-state index contributed by atoms with van der Waals surface area (Å²) in [5.74, 6) is 0. The topological polar surface area (TPSA) is 24.9 Å². The molecule has 1 heterocycles. The fourth-order valence-corrected chi connectivity index (χ4v) is 3.05. The number of hydrogen-bond acceptors (Lipinski definition) is 2. The smallest absolute Gasteiger partial charge is 0.378 e. The van der Waals surface area contributed by atoms with E-state index in [2.05, 4.69) is 42.2 Å². The number of nitrogens with zero attached hydrogens (tertiary/aromatic N) is 1. The summed E-state index contributed by atoms with van der Waals surface area (Å²) in [5.41, 5.74) is -0.377. The van der Waals surface area contributed by atoms with Gasteiger partial charge in [0.15, 0.2) is 0 Å². The predicted octanol–water partition coefficient (Wildman–Crippen LogP) is 5.89. The van der Waals surface area contributed by atoms with Crippen LogP contribution in [-0.4, -0.2) is 4.98 Å². The van der Waals surface area contributed by atoms with Crippen molar-refractivity contribution in [3.63, 3.8) is 0 Å². The van der Waals surface area contributed by atoms with E-state index in [9.17, 15) is 13.2 Å². The first-order valence-electron chi connectivity index (χ1n) is 5.68. The van der Waals surface area contributed by atoms with Crippen LogP contribution < -0.4 is 5.32 Å². The molecule has 0 atom stereocenters. The number of benzene rings is 1. The van der Waals surface area contributed by atoms with Crippen LogP contribution in [0.4, 0.5) is 18.9 Å². The molecule has 0 radical (unpaired) electrons. The highest BCUT2D eigenvalue weighted by atomic mass is 79.9. The van der Waals surface area contributed by atoms with Gasteiger partial charge >= 0.3 is 6.18 Å². The summed E-state index contributed by atoms with van der Waals surface area (Å²) in [4.78, 5) is 4.13. The summed E-state index contributed by atoms with van der Waals surface area (Å²) in [5, 5.41) is 2.72. The number of nitrogens with one attached hydrogen (secondary N) is 1. The quantitative estimate of drug-likeness (QED) is 0.639. The van der Waals surface area contributed by atoms with E-state index in [1.807, 2.05) is 0 Å². The van der Waals surface area contributed by atoms with Gasteiger partial charge in [0.1, 0.15) is 0 Å². The van der Waals surface area contributed by atoms with Crippen molar-refractivity contribution in [3.8, 4) is 0 Å². The number of anilines is 1. The van der Waals surface area contributed by atoms with Crippen LogP contribution in [0.2, 0.25) is 5.02 Å². The maximum atomic E-state index is 13.0. The molecular weight excluding hydrogens is 436 g/mol. The molecule has 0 bridgehead atoms. The molecule has 0 aliphatic rings. The van der Waals surface area contributed by atoms with Crippen molar-refractivity contribution >= 4 is 49.1 Å². The lowest BCUT2D eigenvalue weighted by Gasteiger charge is -2.16. The lowest BCUT2D eigenvalue weighted by atomic mass is 10.1. The van der Waals surface area contributed by atoms with Crippen molar-refractivity contribution in [2.24, 2.45) is 0 Å². The molecule has 2 rings (SSSR count). The van der Waals surface area contributed by atoms with Crippen LogP contribution in [0.25, 0.3) is 0 Å². The Kier molecular flexibility index (Phi) is 5.16. The van der Waals surface area contributed by atoms with Gasteiger partial charge in [0, 0.05) is 15.1 Å². The average Bonchev–Trinajstić information content (AvgIpc) is 2.37. The largest absolute Gasteiger partial charge is 0.418 e. The van der Waals surface area contributed by atoms with Crippen LogP contribution in [0.3, 0.4) is 0 Å². The molecule has 1 aromatic heterocycles. The van der Waals surface area contributed by atoms with E-state index in [-0.39, 0.29) is 17.3 Å². The molecule has 0 unspecified atom stereocenters. The highest BCUT2D eigenvalue weighted by Crippen LogP contribution is 2.38. The van der Waals surface area contributed by atoms with Gasteiger partial charge in [-0.25, -0.2) is 0 Å². The number of alkyl halides is 3. The summed E-state index contributed by atoms with van der Waals surface area (Å²) >= 11 is 12.4. The molecule has 2 aromatic rings. The molecule has 0 fully saturated rings. The Hall–Kier alpha value is -0.790. The van der Waals surface area contributed by atoms with Crippen LogP contribution in [0, 0.1) is 0 Å². The van der Waals surface area contributed by atoms with Gasteiger partial charge in [-0.15, -0.1) is 0 Å². The molecule has 21 heavy (non-hydrogen) atoms. The standard InChI is InChI=1S/C13H8Br2ClF3N2/c14-7-4-9(15)11(20-5-7)6-21-12-8(13(17,18)19)2-1-3-10(12)16/h1-5,21H,6H2. The van der Waals surface area contributed by atoms with Crippen LogP contribution in [-0.2, 0) is 12.7 Å². The van der Waals surface area contributed by atoms with E-state index in [1.54, 1.807) is 12.3 Å². The zero-order valence-corrected chi connectivity index (χ0v) is 14.2. The molecule has 1 N–H and O–H groups in total. The Balaban J connectivity index is 2.28. The minimum absolute atomic E-state index is 0.0121. The molecule has 8 heteroatoms. The molecule has 0 aliphatic heterocycles. The first kappa shape index (κ1) is 16.6. The third-order valence-corrected chi connectivity index (χ3v) is 4.07. The second kappa shape index (κ2) is 6.54. The molecule has 0 aliphatic carbocycles. The van der Waals surface area contributed by atoms with E-state index in [0.717, 1.165) is 10.5 Å². The number of halogens is 6. The third-order valence-electron chi connectivity index (χ3n) is 2.64. The highest BCUT2D eigenvalue weighted by molar-refractivity contribution is 9.11. The summed E-state index contributed by atoms with van der Waals surface area (Å²) in [6.45, 7) is 0.112. The minimum atomic E-state index is -4.47. The molecule has 0 spiro atoms. The highest BCUT2D eigenvalue weighted by Gasteiger charge is 2.34. The predicted molar refractivity (Wildman–Crippen MR) is 83.4 cm³/mol. The molecule has 2 nitrogen and oxygen atoms in total. The molecule has 0 saturated carbocycles. The lowest BCUT2D eigenvalue weighted by molar-refractivity contribution is -0.136. The molecule has 1 aromatic carbocycles. The van der Waals surface area contributed by atoms with Crippen LogP contribution >= 0.6 is 43.5 Å². The van der Waals surface area contributed by atoms with E-state index < -0.39 is 11.7 Å². The van der Waals surface area contributed by atoms with Gasteiger partial charge in [-0.3, -0.25) is 4.98 Å². The van der Waals surface area contributed by atoms with E-state index in [0.29, 0.717) is 10.2 Å². The van der Waals surface area contributed by atoms with Gasteiger partial charge < -0.3 is 5.32 Å². The van der Waals surface area contributed by atoms with Gasteiger partial charge in [-0.2, -0.15) is 13.2 Å². The minimum Gasteiger partial charge on any atom is -0.378 e. The molecule has 112 valence electrons. The Morgan fingerprint density at radius 3 is 2.57 bits per heavy atom. The van der Waals surface area contributed by atoms with Gasteiger partial charge in [0.2, 0.25) is 0 Å². The number of rotatable bonds is 3. The lowest BCUT2D eigenvalue weighted by Crippen LogP contribution is -2.12. The van der Waals surface area contributed by atoms with Crippen molar-refractivity contribution in [1.29, 1.82) is 0 Å². The second-order valence-electron chi connectivity index (χ2n) is 4.10. The van der Waals surface area contributed by atoms with Crippen molar-refractivity contribution in [2.75, 3.05) is 5.32 Å². The van der Waals surface area contributed by atoms with Gasteiger partial charge in [0.25, 0.3) is 0 Å². The van der Waals surface area contributed by atoms with Crippen molar-refractivity contribution in [1.82, 2.24) is 4.98 Å². The second-order valence-corrected chi connectivity index (χ2v) is 6.27. The van der Waals surface area contributed by atoms with Crippen molar-refractivity contribution < 1.29 is 13.2 Å². The average molecular weight is 444 g/mol. The van der Waals surface area contributed by atoms with Gasteiger partial charge in [0.05, 0.1) is 28.5 Å². The van der Waals surface area contributed by atoms with Crippen LogP contribution in [0.15, 0.2) is 39.4 Å².